The van der Waals surface area contributed by atoms with Crippen molar-refractivity contribution in [3.8, 4) is 0 Å². The minimum absolute atomic E-state index is 0.265. The quantitative estimate of drug-likeness (QED) is 0.875. The lowest BCUT2D eigenvalue weighted by molar-refractivity contribution is 0.556. The van der Waals surface area contributed by atoms with Crippen molar-refractivity contribution in [3.63, 3.8) is 0 Å². The van der Waals surface area contributed by atoms with E-state index in [4.69, 9.17) is 5.73 Å². The Bertz CT molecular complexity index is 442. The fourth-order valence-corrected chi connectivity index (χ4v) is 4.25. The first-order valence-electron chi connectivity index (χ1n) is 7.19. The zero-order chi connectivity index (χ0) is 12.8. The molecule has 0 amide bonds. The Labute approximate surface area is 118 Å². The second-order valence-electron chi connectivity index (χ2n) is 6.16. The molecule has 1 aromatic rings. The highest BCUT2D eigenvalue weighted by molar-refractivity contribution is 9.10. The smallest absolute Gasteiger partial charge is 0.0213 e. The molecular formula is C16H22BrN. The highest BCUT2D eigenvalue weighted by atomic mass is 79.9. The second-order valence-corrected chi connectivity index (χ2v) is 7.02. The summed E-state index contributed by atoms with van der Waals surface area (Å²) in [5.41, 5.74) is 9.38. The van der Waals surface area contributed by atoms with Gasteiger partial charge in [0.05, 0.1) is 0 Å². The molecule has 1 aromatic carbocycles. The fraction of sp³-hybridized carbons (Fsp3) is 0.625. The zero-order valence-electron chi connectivity index (χ0n) is 11.1. The van der Waals surface area contributed by atoms with Crippen molar-refractivity contribution in [1.29, 1.82) is 0 Å². The summed E-state index contributed by atoms with van der Waals surface area (Å²) in [6.45, 7) is 2.14. The minimum atomic E-state index is 0.265. The third-order valence-electron chi connectivity index (χ3n) is 5.03. The van der Waals surface area contributed by atoms with E-state index in [2.05, 4.69) is 41.1 Å². The van der Waals surface area contributed by atoms with Crippen molar-refractivity contribution in [3.05, 3.63) is 33.8 Å². The van der Waals surface area contributed by atoms with Crippen LogP contribution in [-0.4, -0.2) is 6.04 Å². The average Bonchev–Trinajstić information content (AvgIpc) is 2.99. The van der Waals surface area contributed by atoms with Gasteiger partial charge in [0, 0.05) is 15.9 Å². The lowest BCUT2D eigenvalue weighted by Crippen LogP contribution is -2.31. The summed E-state index contributed by atoms with van der Waals surface area (Å²) in [5.74, 6) is 0.777. The van der Waals surface area contributed by atoms with E-state index in [0.29, 0.717) is 0 Å². The molecule has 2 heteroatoms. The van der Waals surface area contributed by atoms with Gasteiger partial charge in [-0.3, -0.25) is 0 Å². The molecule has 0 spiro atoms. The monoisotopic (exact) mass is 307 g/mol. The maximum absolute atomic E-state index is 6.16. The molecule has 3 rings (SSSR count). The molecule has 2 aliphatic carbocycles. The number of nitrogens with two attached hydrogens (primary N) is 1. The molecule has 2 fully saturated rings. The molecule has 98 valence electrons. The summed E-state index contributed by atoms with van der Waals surface area (Å²) in [7, 11) is 0. The predicted molar refractivity (Wildman–Crippen MR) is 79.9 cm³/mol. The van der Waals surface area contributed by atoms with E-state index < -0.39 is 0 Å². The Morgan fingerprint density at radius 3 is 2.44 bits per heavy atom. The van der Waals surface area contributed by atoms with Crippen LogP contribution in [0.3, 0.4) is 0 Å². The molecule has 0 aliphatic heterocycles. The summed E-state index contributed by atoms with van der Waals surface area (Å²) >= 11 is 3.79. The van der Waals surface area contributed by atoms with Crippen LogP contribution in [0.25, 0.3) is 0 Å². The highest BCUT2D eigenvalue weighted by Crippen LogP contribution is 2.51. The molecule has 0 radical (unpaired) electrons. The lowest BCUT2D eigenvalue weighted by atomic mass is 9.87. The summed E-state index contributed by atoms with van der Waals surface area (Å²) in [5, 5.41) is 0. The van der Waals surface area contributed by atoms with E-state index in [0.717, 1.165) is 5.92 Å². The van der Waals surface area contributed by atoms with Gasteiger partial charge in [-0.1, -0.05) is 40.9 Å². The van der Waals surface area contributed by atoms with E-state index in [-0.39, 0.29) is 11.5 Å². The van der Waals surface area contributed by atoms with Crippen LogP contribution < -0.4 is 5.73 Å². The third-order valence-corrected chi connectivity index (χ3v) is 5.72. The van der Waals surface area contributed by atoms with Gasteiger partial charge in [0.2, 0.25) is 0 Å². The van der Waals surface area contributed by atoms with Gasteiger partial charge in [0.15, 0.2) is 0 Å². The number of rotatable bonds is 3. The van der Waals surface area contributed by atoms with Crippen molar-refractivity contribution in [1.82, 2.24) is 0 Å². The largest absolute Gasteiger partial charge is 0.327 e. The third kappa shape index (κ3) is 2.04. The maximum atomic E-state index is 6.16. The van der Waals surface area contributed by atoms with E-state index in [1.165, 1.54) is 54.1 Å². The number of halogens is 1. The molecule has 1 unspecified atom stereocenters. The standard InChI is InChI=1S/C16H22BrN/c1-11(18)16(8-9-16)13-6-7-14(15(17)10-13)12-4-2-3-5-12/h6-7,10-12H,2-5,8-9,18H2,1H3. The molecule has 0 aromatic heterocycles. The Morgan fingerprint density at radius 1 is 1.28 bits per heavy atom. The van der Waals surface area contributed by atoms with E-state index >= 15 is 0 Å². The Kier molecular flexibility index (Phi) is 3.27. The summed E-state index contributed by atoms with van der Waals surface area (Å²) in [6.07, 6.45) is 8.00. The van der Waals surface area contributed by atoms with Crippen molar-refractivity contribution in [2.75, 3.05) is 0 Å². The molecule has 0 saturated heterocycles. The van der Waals surface area contributed by atoms with Crippen LogP contribution in [0, 0.1) is 0 Å². The van der Waals surface area contributed by atoms with Gasteiger partial charge in [-0.2, -0.15) is 0 Å². The molecule has 0 bridgehead atoms. The SMILES string of the molecule is CC(N)C1(c2ccc(C3CCCC3)c(Br)c2)CC1. The predicted octanol–water partition coefficient (Wildman–Crippen LogP) is 4.49. The molecular weight excluding hydrogens is 286 g/mol. The minimum Gasteiger partial charge on any atom is -0.327 e. The van der Waals surface area contributed by atoms with Gasteiger partial charge in [-0.15, -0.1) is 0 Å². The summed E-state index contributed by atoms with van der Waals surface area (Å²) < 4.78 is 1.30. The highest BCUT2D eigenvalue weighted by Gasteiger charge is 2.47. The number of benzene rings is 1. The van der Waals surface area contributed by atoms with Crippen LogP contribution in [0.15, 0.2) is 22.7 Å². The van der Waals surface area contributed by atoms with Gasteiger partial charge in [0.25, 0.3) is 0 Å². The second kappa shape index (κ2) is 4.64. The van der Waals surface area contributed by atoms with E-state index in [1.54, 1.807) is 0 Å². The molecule has 1 atom stereocenters. The number of hydrogen-bond donors (Lipinski definition) is 1. The Balaban J connectivity index is 1.89. The zero-order valence-corrected chi connectivity index (χ0v) is 12.7. The lowest BCUT2D eigenvalue weighted by Gasteiger charge is -2.22. The fourth-order valence-electron chi connectivity index (χ4n) is 3.55. The van der Waals surface area contributed by atoms with Crippen molar-refractivity contribution >= 4 is 15.9 Å². The van der Waals surface area contributed by atoms with Crippen molar-refractivity contribution in [2.45, 2.75) is 62.8 Å². The first kappa shape index (κ1) is 12.7. The molecule has 1 nitrogen and oxygen atoms in total. The maximum Gasteiger partial charge on any atom is 0.0213 e. The normalized spacial score (nSPS) is 24.2. The van der Waals surface area contributed by atoms with Crippen molar-refractivity contribution in [2.24, 2.45) is 5.73 Å². The first-order valence-corrected chi connectivity index (χ1v) is 7.98. The van der Waals surface area contributed by atoms with Crippen LogP contribution >= 0.6 is 15.9 Å². The number of hydrogen-bond acceptors (Lipinski definition) is 1. The topological polar surface area (TPSA) is 26.0 Å². The summed E-state index contributed by atoms with van der Waals surface area (Å²) in [6, 6.07) is 7.28. The molecule has 2 saturated carbocycles. The van der Waals surface area contributed by atoms with Crippen LogP contribution in [0.2, 0.25) is 0 Å². The molecule has 2 aliphatic rings. The first-order chi connectivity index (χ1) is 8.63. The average molecular weight is 308 g/mol. The molecule has 2 N–H and O–H groups in total. The molecule has 0 heterocycles. The van der Waals surface area contributed by atoms with Gasteiger partial charge in [0.1, 0.15) is 0 Å². The summed E-state index contributed by atoms with van der Waals surface area (Å²) in [4.78, 5) is 0. The van der Waals surface area contributed by atoms with Gasteiger partial charge < -0.3 is 5.73 Å². The Hall–Kier alpha value is -0.340. The van der Waals surface area contributed by atoms with Crippen LogP contribution in [0.4, 0.5) is 0 Å². The van der Waals surface area contributed by atoms with Crippen molar-refractivity contribution < 1.29 is 0 Å². The van der Waals surface area contributed by atoms with Crippen LogP contribution in [0.1, 0.15) is 62.5 Å². The molecule has 18 heavy (non-hydrogen) atoms. The van der Waals surface area contributed by atoms with Gasteiger partial charge >= 0.3 is 0 Å². The van der Waals surface area contributed by atoms with Gasteiger partial charge in [-0.25, -0.2) is 0 Å². The van der Waals surface area contributed by atoms with Gasteiger partial charge in [-0.05, 0) is 55.7 Å². The van der Waals surface area contributed by atoms with E-state index in [9.17, 15) is 0 Å². The van der Waals surface area contributed by atoms with Crippen LogP contribution in [0.5, 0.6) is 0 Å². The van der Waals surface area contributed by atoms with E-state index in [1.807, 2.05) is 0 Å². The van der Waals surface area contributed by atoms with Crippen LogP contribution in [-0.2, 0) is 5.41 Å². The Morgan fingerprint density at radius 2 is 1.94 bits per heavy atom.